The van der Waals surface area contributed by atoms with Crippen LogP contribution in [0.5, 0.6) is 0 Å². The Kier molecular flexibility index (Phi) is 2.78. The Morgan fingerprint density at radius 1 is 1.44 bits per heavy atom. The number of rotatable bonds is 1. The lowest BCUT2D eigenvalue weighted by atomic mass is 10.0. The van der Waals surface area contributed by atoms with Crippen LogP contribution in [0, 0.1) is 10.1 Å². The van der Waals surface area contributed by atoms with E-state index in [1.807, 2.05) is 0 Å². The molecule has 84 valence electrons. The van der Waals surface area contributed by atoms with Crippen molar-refractivity contribution in [2.24, 2.45) is 0 Å². The first kappa shape index (κ1) is 10.9. The van der Waals surface area contributed by atoms with E-state index in [4.69, 9.17) is 11.6 Å². The van der Waals surface area contributed by atoms with Gasteiger partial charge in [0.25, 0.3) is 11.6 Å². The fourth-order valence-electron chi connectivity index (χ4n) is 1.77. The third-order valence-electron chi connectivity index (χ3n) is 2.54. The van der Waals surface area contributed by atoms with E-state index in [9.17, 15) is 14.9 Å². The molecule has 1 N–H and O–H groups in total. The molecule has 1 amide bonds. The van der Waals surface area contributed by atoms with Crippen molar-refractivity contribution < 1.29 is 9.72 Å². The number of hydrogen-bond donors (Lipinski definition) is 1. The van der Waals surface area contributed by atoms with Crippen LogP contribution in [0.2, 0.25) is 5.02 Å². The number of hydrogen-bond acceptors (Lipinski definition) is 3. The van der Waals surface area contributed by atoms with Crippen LogP contribution < -0.4 is 5.32 Å². The number of nitro groups is 1. The number of carbonyl (C=O) groups excluding carboxylic acids is 1. The molecule has 5 nitrogen and oxygen atoms in total. The lowest BCUT2D eigenvalue weighted by Crippen LogP contribution is -2.23. The van der Waals surface area contributed by atoms with Crippen LogP contribution >= 0.6 is 11.6 Å². The van der Waals surface area contributed by atoms with Crippen LogP contribution in [0.25, 0.3) is 0 Å². The van der Waals surface area contributed by atoms with Gasteiger partial charge in [0.1, 0.15) is 5.02 Å². The molecular formula is C10H9ClN2O3. The summed E-state index contributed by atoms with van der Waals surface area (Å²) >= 11 is 5.89. The zero-order chi connectivity index (χ0) is 11.7. The van der Waals surface area contributed by atoms with E-state index in [0.717, 1.165) is 12.0 Å². The van der Waals surface area contributed by atoms with Gasteiger partial charge in [-0.2, -0.15) is 0 Å². The molecule has 0 atom stereocenters. The van der Waals surface area contributed by atoms with Gasteiger partial charge < -0.3 is 5.32 Å². The number of nitrogens with one attached hydrogen (secondary N) is 1. The zero-order valence-corrected chi connectivity index (χ0v) is 9.08. The first-order valence-electron chi connectivity index (χ1n) is 4.85. The second-order valence-electron chi connectivity index (χ2n) is 3.55. The number of carbonyl (C=O) groups is 1. The Bertz CT molecular complexity index is 473. The first-order chi connectivity index (χ1) is 7.61. The Morgan fingerprint density at radius 2 is 2.19 bits per heavy atom. The summed E-state index contributed by atoms with van der Waals surface area (Å²) in [4.78, 5) is 21.8. The van der Waals surface area contributed by atoms with Crippen molar-refractivity contribution in [2.45, 2.75) is 12.8 Å². The Balaban J connectivity index is 2.62. The predicted molar refractivity (Wildman–Crippen MR) is 58.8 cm³/mol. The molecule has 1 aliphatic heterocycles. The van der Waals surface area contributed by atoms with Crippen LogP contribution in [-0.2, 0) is 6.42 Å². The van der Waals surface area contributed by atoms with Gasteiger partial charge in [-0.3, -0.25) is 14.9 Å². The molecule has 16 heavy (non-hydrogen) atoms. The van der Waals surface area contributed by atoms with Crippen molar-refractivity contribution in [3.05, 3.63) is 38.4 Å². The fraction of sp³-hybridized carbons (Fsp3) is 0.300. The summed E-state index contributed by atoms with van der Waals surface area (Å²) < 4.78 is 0. The molecule has 6 heteroatoms. The normalized spacial score (nSPS) is 14.9. The Labute approximate surface area is 96.6 Å². The second-order valence-corrected chi connectivity index (χ2v) is 3.93. The van der Waals surface area contributed by atoms with Crippen molar-refractivity contribution >= 4 is 23.2 Å². The summed E-state index contributed by atoms with van der Waals surface area (Å²) in [6.07, 6.45) is 1.51. The third-order valence-corrected chi connectivity index (χ3v) is 2.92. The quantitative estimate of drug-likeness (QED) is 0.602. The molecular weight excluding hydrogens is 232 g/mol. The number of nitro benzene ring substituents is 1. The van der Waals surface area contributed by atoms with E-state index in [-0.39, 0.29) is 22.2 Å². The molecule has 0 fully saturated rings. The van der Waals surface area contributed by atoms with Crippen LogP contribution in [0.3, 0.4) is 0 Å². The van der Waals surface area contributed by atoms with Gasteiger partial charge >= 0.3 is 0 Å². The van der Waals surface area contributed by atoms with Gasteiger partial charge in [-0.05, 0) is 18.4 Å². The highest BCUT2D eigenvalue weighted by Crippen LogP contribution is 2.31. The van der Waals surface area contributed by atoms with Crippen LogP contribution in [0.15, 0.2) is 12.1 Å². The summed E-state index contributed by atoms with van der Waals surface area (Å²) in [5.74, 6) is -0.332. The minimum Gasteiger partial charge on any atom is -0.352 e. The molecule has 1 aliphatic rings. The number of fused-ring (bicyclic) bond motifs is 1. The van der Waals surface area contributed by atoms with Gasteiger partial charge in [-0.15, -0.1) is 0 Å². The Morgan fingerprint density at radius 3 is 2.88 bits per heavy atom. The summed E-state index contributed by atoms with van der Waals surface area (Å²) in [5, 5.41) is 13.3. The smallest absolute Gasteiger partial charge is 0.288 e. The van der Waals surface area contributed by atoms with Crippen LogP contribution in [-0.4, -0.2) is 17.4 Å². The highest BCUT2D eigenvalue weighted by atomic mass is 35.5. The lowest BCUT2D eigenvalue weighted by molar-refractivity contribution is -0.384. The van der Waals surface area contributed by atoms with Gasteiger partial charge in [-0.25, -0.2) is 0 Å². The summed E-state index contributed by atoms with van der Waals surface area (Å²) in [7, 11) is 0. The van der Waals surface area contributed by atoms with E-state index in [1.165, 1.54) is 6.07 Å². The molecule has 0 aliphatic carbocycles. The van der Waals surface area contributed by atoms with E-state index in [0.29, 0.717) is 13.0 Å². The number of benzene rings is 1. The number of amides is 1. The number of nitrogens with zero attached hydrogens (tertiary/aromatic N) is 1. The SMILES string of the molecule is O=C1NCCCc2ccc([N+](=O)[O-])c(Cl)c21. The summed E-state index contributed by atoms with van der Waals surface area (Å²) in [6.45, 7) is 0.567. The van der Waals surface area contributed by atoms with Crippen molar-refractivity contribution in [1.29, 1.82) is 0 Å². The Hall–Kier alpha value is -1.62. The summed E-state index contributed by atoms with van der Waals surface area (Å²) in [6, 6.07) is 2.95. The predicted octanol–water partition coefficient (Wildman–Crippen LogP) is 1.92. The second kappa shape index (κ2) is 4.09. The molecule has 0 bridgehead atoms. The van der Waals surface area contributed by atoms with Gasteiger partial charge in [-0.1, -0.05) is 17.7 Å². The average molecular weight is 241 g/mol. The highest BCUT2D eigenvalue weighted by Gasteiger charge is 2.25. The molecule has 0 spiro atoms. The number of aryl methyl sites for hydroxylation is 1. The maximum atomic E-state index is 11.7. The molecule has 2 rings (SSSR count). The first-order valence-corrected chi connectivity index (χ1v) is 5.23. The van der Waals surface area contributed by atoms with E-state index in [1.54, 1.807) is 6.07 Å². The molecule has 0 radical (unpaired) electrons. The summed E-state index contributed by atoms with van der Waals surface area (Å²) in [5.41, 5.74) is 0.788. The topological polar surface area (TPSA) is 72.2 Å². The van der Waals surface area contributed by atoms with E-state index >= 15 is 0 Å². The minimum absolute atomic E-state index is 0.0677. The van der Waals surface area contributed by atoms with E-state index in [2.05, 4.69) is 5.32 Å². The van der Waals surface area contributed by atoms with Crippen molar-refractivity contribution in [3.8, 4) is 0 Å². The van der Waals surface area contributed by atoms with Gasteiger partial charge in [0.15, 0.2) is 0 Å². The molecule has 0 saturated carbocycles. The average Bonchev–Trinajstić information content (AvgIpc) is 2.41. The van der Waals surface area contributed by atoms with E-state index < -0.39 is 4.92 Å². The lowest BCUT2D eigenvalue weighted by Gasteiger charge is -2.06. The molecule has 1 heterocycles. The fourth-order valence-corrected chi connectivity index (χ4v) is 2.11. The van der Waals surface area contributed by atoms with Crippen molar-refractivity contribution in [2.75, 3.05) is 6.54 Å². The zero-order valence-electron chi connectivity index (χ0n) is 8.33. The monoisotopic (exact) mass is 240 g/mol. The molecule has 0 unspecified atom stereocenters. The van der Waals surface area contributed by atoms with Crippen LogP contribution in [0.1, 0.15) is 22.3 Å². The largest absolute Gasteiger partial charge is 0.352 e. The molecule has 1 aromatic carbocycles. The highest BCUT2D eigenvalue weighted by molar-refractivity contribution is 6.36. The molecule has 1 aromatic rings. The maximum absolute atomic E-state index is 11.7. The molecule has 0 saturated heterocycles. The van der Waals surface area contributed by atoms with Gasteiger partial charge in [0.2, 0.25) is 0 Å². The van der Waals surface area contributed by atoms with Crippen molar-refractivity contribution in [1.82, 2.24) is 5.32 Å². The third kappa shape index (κ3) is 1.74. The molecule has 0 aromatic heterocycles. The van der Waals surface area contributed by atoms with Crippen molar-refractivity contribution in [3.63, 3.8) is 0 Å². The van der Waals surface area contributed by atoms with Gasteiger partial charge in [0, 0.05) is 12.6 Å². The number of halogens is 1. The van der Waals surface area contributed by atoms with Crippen LogP contribution in [0.4, 0.5) is 5.69 Å². The van der Waals surface area contributed by atoms with Gasteiger partial charge in [0.05, 0.1) is 10.5 Å². The maximum Gasteiger partial charge on any atom is 0.288 e. The minimum atomic E-state index is -0.583. The standard InChI is InChI=1S/C10H9ClN2O3/c11-9-7(13(15)16)4-3-6-2-1-5-12-10(14)8(6)9/h3-4H,1-2,5H2,(H,12,14).